The molecule has 0 aromatic heterocycles. The maximum absolute atomic E-state index is 13.4. The number of ether oxygens (including phenoxy) is 1. The molecule has 0 bridgehead atoms. The van der Waals surface area contributed by atoms with E-state index in [4.69, 9.17) is 45.3 Å². The highest BCUT2D eigenvalue weighted by Gasteiger charge is 2.58. The van der Waals surface area contributed by atoms with Crippen molar-refractivity contribution in [2.75, 3.05) is 6.61 Å². The minimum atomic E-state index is -1.85. The number of carboxylic acid groups (broad SMARTS) is 1. The van der Waals surface area contributed by atoms with E-state index in [0.717, 1.165) is 16.7 Å². The number of halogens is 3. The number of rotatable bonds is 6. The first-order chi connectivity index (χ1) is 14.9. The average molecular weight is 523 g/mol. The minimum absolute atomic E-state index is 0.235. The molecular formula is C19H18Cl3N3O6S. The summed E-state index contributed by atoms with van der Waals surface area (Å²) in [5.41, 5.74) is 6.50. The SMILES string of the molecule is CC1=C(C(=O)O)N2C(=O)C(C(=O)C(NC(=O)OCC(Cl)(Cl)Cl)c3ccccc3)[C@H]2SC1N. The smallest absolute Gasteiger partial charge is 0.408 e. The predicted molar refractivity (Wildman–Crippen MR) is 119 cm³/mol. The van der Waals surface area contributed by atoms with Gasteiger partial charge in [-0.15, -0.1) is 11.8 Å². The minimum Gasteiger partial charge on any atom is -0.477 e. The lowest BCUT2D eigenvalue weighted by Gasteiger charge is -2.50. The normalized spacial score (nSPS) is 23.7. The van der Waals surface area contributed by atoms with E-state index >= 15 is 0 Å². The maximum atomic E-state index is 13.4. The highest BCUT2D eigenvalue weighted by Crippen LogP contribution is 2.47. The highest BCUT2D eigenvalue weighted by molar-refractivity contribution is 8.00. The number of nitrogens with two attached hydrogens (primary N) is 1. The summed E-state index contributed by atoms with van der Waals surface area (Å²) in [6.45, 7) is 0.962. The molecule has 0 saturated carbocycles. The Kier molecular flexibility index (Phi) is 7.31. The van der Waals surface area contributed by atoms with Crippen LogP contribution in [0.1, 0.15) is 18.5 Å². The van der Waals surface area contributed by atoms with E-state index in [0.29, 0.717) is 11.1 Å². The van der Waals surface area contributed by atoms with Gasteiger partial charge in [-0.2, -0.15) is 0 Å². The molecule has 13 heteroatoms. The van der Waals surface area contributed by atoms with E-state index in [2.05, 4.69) is 5.32 Å². The van der Waals surface area contributed by atoms with Crippen LogP contribution in [-0.4, -0.2) is 54.9 Å². The summed E-state index contributed by atoms with van der Waals surface area (Å²) in [6.07, 6.45) is -1.03. The molecule has 2 aliphatic rings. The lowest BCUT2D eigenvalue weighted by molar-refractivity contribution is -0.157. The van der Waals surface area contributed by atoms with E-state index in [9.17, 15) is 24.3 Å². The largest absolute Gasteiger partial charge is 0.477 e. The first-order valence-corrected chi connectivity index (χ1v) is 11.3. The Morgan fingerprint density at radius 1 is 1.28 bits per heavy atom. The van der Waals surface area contributed by atoms with Crippen molar-refractivity contribution in [1.82, 2.24) is 10.2 Å². The van der Waals surface area contributed by atoms with Gasteiger partial charge in [0, 0.05) is 0 Å². The number of fused-ring (bicyclic) bond motifs is 1. The zero-order valence-electron chi connectivity index (χ0n) is 16.5. The Bertz CT molecular complexity index is 984. The number of β-lactam (4-membered cyclic amide) rings is 1. The lowest BCUT2D eigenvalue weighted by Crippen LogP contribution is -2.66. The van der Waals surface area contributed by atoms with E-state index in [1.165, 1.54) is 6.92 Å². The van der Waals surface area contributed by atoms with Crippen LogP contribution in [0.2, 0.25) is 0 Å². The van der Waals surface area contributed by atoms with Crippen LogP contribution in [0.3, 0.4) is 0 Å². The van der Waals surface area contributed by atoms with Gasteiger partial charge < -0.3 is 20.9 Å². The molecule has 1 fully saturated rings. The predicted octanol–water partition coefficient (Wildman–Crippen LogP) is 2.57. The summed E-state index contributed by atoms with van der Waals surface area (Å²) in [5, 5.41) is 10.4. The number of nitrogens with one attached hydrogen (secondary N) is 1. The molecular weight excluding hydrogens is 505 g/mol. The van der Waals surface area contributed by atoms with Crippen molar-refractivity contribution >= 4 is 70.3 Å². The number of benzene rings is 1. The van der Waals surface area contributed by atoms with E-state index in [1.54, 1.807) is 30.3 Å². The van der Waals surface area contributed by atoms with Crippen LogP contribution in [0.25, 0.3) is 0 Å². The fourth-order valence-electron chi connectivity index (χ4n) is 3.40. The lowest BCUT2D eigenvalue weighted by atomic mass is 9.85. The van der Waals surface area contributed by atoms with Crippen molar-refractivity contribution in [2.24, 2.45) is 11.7 Å². The van der Waals surface area contributed by atoms with Crippen LogP contribution in [0.15, 0.2) is 41.6 Å². The average Bonchev–Trinajstić information content (AvgIpc) is 2.72. The van der Waals surface area contributed by atoms with Crippen molar-refractivity contribution in [3.8, 4) is 0 Å². The Labute approximate surface area is 202 Å². The third-order valence-electron chi connectivity index (χ3n) is 4.93. The molecule has 0 aliphatic carbocycles. The number of carbonyl (C=O) groups is 4. The Balaban J connectivity index is 1.86. The van der Waals surface area contributed by atoms with Crippen LogP contribution in [0.5, 0.6) is 0 Å². The zero-order valence-corrected chi connectivity index (χ0v) is 19.5. The van der Waals surface area contributed by atoms with Crippen molar-refractivity contribution in [3.05, 3.63) is 47.2 Å². The molecule has 2 amide bonds. The fourth-order valence-corrected chi connectivity index (χ4v) is 4.92. The second kappa shape index (κ2) is 9.48. The molecule has 4 atom stereocenters. The van der Waals surface area contributed by atoms with Gasteiger partial charge in [-0.05, 0) is 18.1 Å². The fraction of sp³-hybridized carbons (Fsp3) is 0.368. The first kappa shape index (κ1) is 24.7. The molecule has 9 nitrogen and oxygen atoms in total. The van der Waals surface area contributed by atoms with E-state index in [1.807, 2.05) is 0 Å². The van der Waals surface area contributed by atoms with Crippen molar-refractivity contribution in [2.45, 2.75) is 27.5 Å². The van der Waals surface area contributed by atoms with Crippen LogP contribution < -0.4 is 11.1 Å². The maximum Gasteiger partial charge on any atom is 0.408 e. The Hall–Kier alpha value is -1.98. The van der Waals surface area contributed by atoms with Crippen molar-refractivity contribution in [3.63, 3.8) is 0 Å². The summed E-state index contributed by atoms with van der Waals surface area (Å²) >= 11 is 17.8. The molecule has 172 valence electrons. The number of Topliss-reactive ketones (excluding diaryl/α,β-unsaturated/α-hetero) is 1. The summed E-state index contributed by atoms with van der Waals surface area (Å²) < 4.78 is 3.00. The van der Waals surface area contributed by atoms with Gasteiger partial charge in [-0.1, -0.05) is 65.1 Å². The molecule has 4 N–H and O–H groups in total. The standard InChI is InChI=1S/C19H18Cl3N3O6S/c1-8-12(17(28)29)25-15(27)10(16(25)32-14(8)23)13(26)11(9-5-3-2-4-6-9)24-18(30)31-7-19(20,21)22/h2-6,10-11,14,16H,7,23H2,1H3,(H,24,30)(H,28,29)/t10?,11?,14?,16-/m1/s1. The van der Waals surface area contributed by atoms with Gasteiger partial charge in [0.05, 0.1) is 5.37 Å². The van der Waals surface area contributed by atoms with Crippen molar-refractivity contribution < 1.29 is 29.0 Å². The number of amides is 2. The molecule has 1 aromatic carbocycles. The topological polar surface area (TPSA) is 139 Å². The number of alkyl carbamates (subject to hydrolysis) is 1. The van der Waals surface area contributed by atoms with Gasteiger partial charge >= 0.3 is 12.1 Å². The van der Waals surface area contributed by atoms with Crippen molar-refractivity contribution in [1.29, 1.82) is 0 Å². The molecule has 1 aromatic rings. The van der Waals surface area contributed by atoms with Gasteiger partial charge in [-0.25, -0.2) is 9.59 Å². The second-order valence-corrected chi connectivity index (χ2v) is 10.8. The second-order valence-electron chi connectivity index (χ2n) is 7.05. The number of carbonyl (C=O) groups excluding carboxylic acids is 3. The Morgan fingerprint density at radius 2 is 1.91 bits per heavy atom. The molecule has 0 radical (unpaired) electrons. The van der Waals surface area contributed by atoms with E-state index in [-0.39, 0.29) is 5.70 Å². The third kappa shape index (κ3) is 4.99. The highest BCUT2D eigenvalue weighted by atomic mass is 35.6. The molecule has 32 heavy (non-hydrogen) atoms. The van der Waals surface area contributed by atoms with Gasteiger partial charge in [-0.3, -0.25) is 14.5 Å². The first-order valence-electron chi connectivity index (χ1n) is 9.19. The number of hydrogen-bond acceptors (Lipinski definition) is 7. The molecule has 3 rings (SSSR count). The quantitative estimate of drug-likeness (QED) is 0.294. The van der Waals surface area contributed by atoms with Gasteiger partial charge in [0.15, 0.2) is 5.78 Å². The summed E-state index contributed by atoms with van der Waals surface area (Å²) in [6, 6.07) is 6.94. The number of carboxylic acids is 1. The third-order valence-corrected chi connectivity index (χ3v) is 6.66. The van der Waals surface area contributed by atoms with E-state index < -0.39 is 56.9 Å². The number of alkyl halides is 3. The Morgan fingerprint density at radius 3 is 2.47 bits per heavy atom. The molecule has 2 aliphatic heterocycles. The number of hydrogen-bond donors (Lipinski definition) is 3. The summed E-state index contributed by atoms with van der Waals surface area (Å²) in [5.74, 6) is -3.85. The van der Waals surface area contributed by atoms with Crippen LogP contribution in [-0.2, 0) is 19.1 Å². The molecule has 2 heterocycles. The monoisotopic (exact) mass is 521 g/mol. The van der Waals surface area contributed by atoms with Crippen LogP contribution in [0.4, 0.5) is 4.79 Å². The van der Waals surface area contributed by atoms with Gasteiger partial charge in [0.1, 0.15) is 29.6 Å². The van der Waals surface area contributed by atoms with Crippen LogP contribution in [0, 0.1) is 5.92 Å². The molecule has 3 unspecified atom stereocenters. The zero-order chi connectivity index (χ0) is 23.8. The number of thioether (sulfide) groups is 1. The summed E-state index contributed by atoms with van der Waals surface area (Å²) in [4.78, 5) is 51.2. The molecule has 1 saturated heterocycles. The van der Waals surface area contributed by atoms with Crippen LogP contribution >= 0.6 is 46.6 Å². The summed E-state index contributed by atoms with van der Waals surface area (Å²) in [7, 11) is 0. The number of aliphatic carboxylic acids is 1. The number of ketones is 1. The number of nitrogens with zero attached hydrogens (tertiary/aromatic N) is 1. The van der Waals surface area contributed by atoms with Gasteiger partial charge in [0.25, 0.3) is 0 Å². The van der Waals surface area contributed by atoms with Gasteiger partial charge in [0.2, 0.25) is 9.70 Å². The molecule has 0 spiro atoms.